The Morgan fingerprint density at radius 1 is 1.50 bits per heavy atom. The highest BCUT2D eigenvalue weighted by Crippen LogP contribution is 2.32. The summed E-state index contributed by atoms with van der Waals surface area (Å²) in [5, 5.41) is 13.0. The van der Waals surface area contributed by atoms with E-state index < -0.39 is 5.97 Å². The van der Waals surface area contributed by atoms with Gasteiger partial charge in [0.1, 0.15) is 5.82 Å². The monoisotopic (exact) mass is 269 g/mol. The van der Waals surface area contributed by atoms with Gasteiger partial charge in [-0.2, -0.15) is 0 Å². The first-order valence-corrected chi connectivity index (χ1v) is 6.73. The minimum atomic E-state index is -0.721. The topological polar surface area (TPSA) is 67.2 Å². The predicted molar refractivity (Wildman–Crippen MR) is 66.9 cm³/mol. The van der Waals surface area contributed by atoms with E-state index in [1.54, 1.807) is 0 Å². The van der Waals surface area contributed by atoms with Crippen LogP contribution in [-0.2, 0) is 17.8 Å². The zero-order valence-corrected chi connectivity index (χ0v) is 10.8. The number of carboxylic acid groups (broad SMARTS) is 1. The zero-order chi connectivity index (χ0) is 12.7. The molecule has 2 aliphatic heterocycles. The number of carbonyl (C=O) groups is 1. The number of nitrogens with zero attached hydrogens (tertiary/aromatic N) is 2. The van der Waals surface area contributed by atoms with Gasteiger partial charge >= 0.3 is 5.97 Å². The molecule has 0 spiro atoms. The summed E-state index contributed by atoms with van der Waals surface area (Å²) >= 11 is 6.17. The van der Waals surface area contributed by atoms with Gasteiger partial charge in [-0.25, -0.2) is 4.98 Å². The highest BCUT2D eigenvalue weighted by Gasteiger charge is 2.31. The summed E-state index contributed by atoms with van der Waals surface area (Å²) in [4.78, 5) is 15.6. The fourth-order valence-corrected chi connectivity index (χ4v) is 3.21. The van der Waals surface area contributed by atoms with Crippen molar-refractivity contribution in [2.24, 2.45) is 5.92 Å². The molecule has 1 aromatic heterocycles. The van der Waals surface area contributed by atoms with E-state index in [1.165, 1.54) is 0 Å². The Morgan fingerprint density at radius 2 is 2.33 bits per heavy atom. The van der Waals surface area contributed by atoms with E-state index >= 15 is 0 Å². The van der Waals surface area contributed by atoms with Crippen molar-refractivity contribution in [2.75, 3.05) is 13.1 Å². The molecular weight excluding hydrogens is 254 g/mol. The number of rotatable bonds is 2. The van der Waals surface area contributed by atoms with Crippen molar-refractivity contribution in [2.45, 2.75) is 31.7 Å². The van der Waals surface area contributed by atoms with Gasteiger partial charge in [-0.3, -0.25) is 4.79 Å². The standard InChI is InChI=1S/C12H16ClN3O2/c13-10-9-2-1-8(12(17)18)6-16(9)11(15-10)7-3-4-14-5-7/h7-8,14H,1-6H2,(H,17,18). The molecule has 18 heavy (non-hydrogen) atoms. The fourth-order valence-electron chi connectivity index (χ4n) is 2.93. The molecule has 6 heteroatoms. The Kier molecular flexibility index (Phi) is 3.03. The maximum Gasteiger partial charge on any atom is 0.308 e. The van der Waals surface area contributed by atoms with Crippen molar-refractivity contribution in [1.82, 2.24) is 14.9 Å². The van der Waals surface area contributed by atoms with Crippen LogP contribution in [0.25, 0.3) is 0 Å². The largest absolute Gasteiger partial charge is 0.481 e. The van der Waals surface area contributed by atoms with Gasteiger partial charge in [-0.05, 0) is 25.8 Å². The number of imidazole rings is 1. The van der Waals surface area contributed by atoms with Crippen LogP contribution >= 0.6 is 11.6 Å². The van der Waals surface area contributed by atoms with Crippen LogP contribution in [0.3, 0.4) is 0 Å². The van der Waals surface area contributed by atoms with Crippen molar-refractivity contribution in [3.05, 3.63) is 16.7 Å². The van der Waals surface area contributed by atoms with Crippen LogP contribution in [-0.4, -0.2) is 33.7 Å². The average molecular weight is 270 g/mol. The molecule has 1 saturated heterocycles. The van der Waals surface area contributed by atoms with Crippen LogP contribution in [0.1, 0.15) is 30.3 Å². The molecule has 0 saturated carbocycles. The van der Waals surface area contributed by atoms with E-state index in [-0.39, 0.29) is 5.92 Å². The van der Waals surface area contributed by atoms with Crippen molar-refractivity contribution in [3.63, 3.8) is 0 Å². The highest BCUT2D eigenvalue weighted by molar-refractivity contribution is 6.30. The second kappa shape index (κ2) is 4.55. The molecule has 0 bridgehead atoms. The molecule has 1 aromatic rings. The van der Waals surface area contributed by atoms with E-state index in [4.69, 9.17) is 16.7 Å². The summed E-state index contributed by atoms with van der Waals surface area (Å²) in [5.74, 6) is 0.298. The van der Waals surface area contributed by atoms with Crippen molar-refractivity contribution in [1.29, 1.82) is 0 Å². The molecule has 0 radical (unpaired) electrons. The zero-order valence-electron chi connectivity index (χ0n) is 10.0. The smallest absolute Gasteiger partial charge is 0.308 e. The Labute approximate surface area is 110 Å². The minimum Gasteiger partial charge on any atom is -0.481 e. The summed E-state index contributed by atoms with van der Waals surface area (Å²) in [6.45, 7) is 2.41. The molecule has 98 valence electrons. The Morgan fingerprint density at radius 3 is 3.00 bits per heavy atom. The lowest BCUT2D eigenvalue weighted by atomic mass is 9.97. The van der Waals surface area contributed by atoms with Gasteiger partial charge in [0.15, 0.2) is 5.15 Å². The maximum absolute atomic E-state index is 11.1. The van der Waals surface area contributed by atoms with Crippen LogP contribution in [0.2, 0.25) is 5.15 Å². The van der Waals surface area contributed by atoms with Crippen LogP contribution in [0, 0.1) is 5.92 Å². The normalized spacial score (nSPS) is 27.2. The Balaban J connectivity index is 1.95. The lowest BCUT2D eigenvalue weighted by molar-refractivity contribution is -0.142. The van der Waals surface area contributed by atoms with Gasteiger partial charge in [0.25, 0.3) is 0 Å². The number of halogens is 1. The highest BCUT2D eigenvalue weighted by atomic mass is 35.5. The lowest BCUT2D eigenvalue weighted by Crippen LogP contribution is -2.28. The molecule has 5 nitrogen and oxygen atoms in total. The van der Waals surface area contributed by atoms with Gasteiger partial charge in [0, 0.05) is 19.0 Å². The molecule has 0 aromatic carbocycles. The SMILES string of the molecule is O=C(O)C1CCc2c(Cl)nc(C3CCNC3)n2C1. The number of fused-ring (bicyclic) bond motifs is 1. The van der Waals surface area contributed by atoms with Crippen LogP contribution in [0.15, 0.2) is 0 Å². The number of aliphatic carboxylic acids is 1. The van der Waals surface area contributed by atoms with Crippen molar-refractivity contribution < 1.29 is 9.90 Å². The number of nitrogens with one attached hydrogen (secondary N) is 1. The Hall–Kier alpha value is -1.07. The summed E-state index contributed by atoms with van der Waals surface area (Å²) in [6.07, 6.45) is 2.41. The van der Waals surface area contributed by atoms with E-state index in [2.05, 4.69) is 10.3 Å². The van der Waals surface area contributed by atoms with Gasteiger partial charge in [0.05, 0.1) is 11.6 Å². The third-order valence-electron chi connectivity index (χ3n) is 3.96. The number of carboxylic acids is 1. The molecule has 0 aliphatic carbocycles. The summed E-state index contributed by atoms with van der Waals surface area (Å²) in [7, 11) is 0. The van der Waals surface area contributed by atoms with Crippen LogP contribution < -0.4 is 5.32 Å². The molecule has 2 unspecified atom stereocenters. The van der Waals surface area contributed by atoms with Gasteiger partial charge in [-0.1, -0.05) is 11.6 Å². The van der Waals surface area contributed by atoms with Crippen molar-refractivity contribution >= 4 is 17.6 Å². The predicted octanol–water partition coefficient (Wildman–Crippen LogP) is 1.26. The second-order valence-electron chi connectivity index (χ2n) is 5.08. The van der Waals surface area contributed by atoms with E-state index in [9.17, 15) is 4.79 Å². The molecule has 2 atom stereocenters. The van der Waals surface area contributed by atoms with Gasteiger partial charge in [-0.15, -0.1) is 0 Å². The first-order chi connectivity index (χ1) is 8.66. The summed E-state index contributed by atoms with van der Waals surface area (Å²) in [6, 6.07) is 0. The molecule has 1 fully saturated rings. The van der Waals surface area contributed by atoms with E-state index in [0.29, 0.717) is 30.5 Å². The third-order valence-corrected chi connectivity index (χ3v) is 4.26. The summed E-state index contributed by atoms with van der Waals surface area (Å²) < 4.78 is 2.04. The van der Waals surface area contributed by atoms with Crippen LogP contribution in [0.4, 0.5) is 0 Å². The average Bonchev–Trinajstić information content (AvgIpc) is 2.97. The molecule has 2 N–H and O–H groups in total. The van der Waals surface area contributed by atoms with Crippen LogP contribution in [0.5, 0.6) is 0 Å². The first kappa shape index (κ1) is 12.0. The molecule has 3 heterocycles. The van der Waals surface area contributed by atoms with Crippen molar-refractivity contribution in [3.8, 4) is 0 Å². The first-order valence-electron chi connectivity index (χ1n) is 6.35. The molecule has 2 aliphatic rings. The molecular formula is C12H16ClN3O2. The minimum absolute atomic E-state index is 0.309. The fraction of sp³-hybridized carbons (Fsp3) is 0.667. The third kappa shape index (κ3) is 1.91. The number of hydrogen-bond donors (Lipinski definition) is 2. The quantitative estimate of drug-likeness (QED) is 0.848. The Bertz CT molecular complexity index is 480. The molecule has 0 amide bonds. The number of hydrogen-bond acceptors (Lipinski definition) is 3. The van der Waals surface area contributed by atoms with E-state index in [1.807, 2.05) is 4.57 Å². The summed E-state index contributed by atoms with van der Waals surface area (Å²) in [5.41, 5.74) is 1.01. The molecule has 3 rings (SSSR count). The van der Waals surface area contributed by atoms with Gasteiger partial charge < -0.3 is 15.0 Å². The van der Waals surface area contributed by atoms with E-state index in [0.717, 1.165) is 31.0 Å². The van der Waals surface area contributed by atoms with Gasteiger partial charge in [0.2, 0.25) is 0 Å². The lowest BCUT2D eigenvalue weighted by Gasteiger charge is -2.23. The number of aromatic nitrogens is 2. The second-order valence-corrected chi connectivity index (χ2v) is 5.44. The maximum atomic E-state index is 11.1.